The standard InChI is InChI=1S/C20H31N5O3.2ClH/c1-13-16(14(2)22-19-18(13)20(27)23-24(19)3)5-6-17(26)25-10-7-15(8-11-25)28-12-4-9-21;;/h15H,4-12,21H2,1-3H3,(H,23,27);2*1H. The van der Waals surface area contributed by atoms with Gasteiger partial charge in [-0.15, -0.1) is 24.8 Å². The Bertz CT molecular complexity index is 904. The lowest BCUT2D eigenvalue weighted by Crippen LogP contribution is -2.41. The van der Waals surface area contributed by atoms with Gasteiger partial charge in [-0.2, -0.15) is 0 Å². The van der Waals surface area contributed by atoms with E-state index in [2.05, 4.69) is 10.1 Å². The van der Waals surface area contributed by atoms with Gasteiger partial charge in [0.15, 0.2) is 5.65 Å². The molecule has 3 heterocycles. The second-order valence-corrected chi connectivity index (χ2v) is 7.59. The van der Waals surface area contributed by atoms with Crippen molar-refractivity contribution in [3.8, 4) is 0 Å². The molecule has 1 saturated heterocycles. The van der Waals surface area contributed by atoms with Crippen LogP contribution in [0.3, 0.4) is 0 Å². The number of fused-ring (bicyclic) bond motifs is 1. The van der Waals surface area contributed by atoms with Crippen LogP contribution in [0.15, 0.2) is 4.79 Å². The third kappa shape index (κ3) is 5.75. The van der Waals surface area contributed by atoms with E-state index in [9.17, 15) is 9.59 Å². The first kappa shape index (κ1) is 26.4. The normalized spacial score (nSPS) is 14.5. The van der Waals surface area contributed by atoms with E-state index < -0.39 is 0 Å². The van der Waals surface area contributed by atoms with Crippen LogP contribution in [-0.2, 0) is 23.0 Å². The van der Waals surface area contributed by atoms with Gasteiger partial charge < -0.3 is 15.4 Å². The van der Waals surface area contributed by atoms with Crippen molar-refractivity contribution in [1.29, 1.82) is 0 Å². The van der Waals surface area contributed by atoms with Crippen molar-refractivity contribution < 1.29 is 9.53 Å². The molecule has 3 rings (SSSR count). The molecule has 3 N–H and O–H groups in total. The average Bonchev–Trinajstić information content (AvgIpc) is 2.95. The number of nitrogens with one attached hydrogen (secondary N) is 1. The van der Waals surface area contributed by atoms with E-state index in [0.717, 1.165) is 49.2 Å². The maximum atomic E-state index is 12.7. The van der Waals surface area contributed by atoms with Gasteiger partial charge in [0.05, 0.1) is 11.5 Å². The van der Waals surface area contributed by atoms with E-state index in [0.29, 0.717) is 37.0 Å². The van der Waals surface area contributed by atoms with Crippen LogP contribution in [0.2, 0.25) is 0 Å². The molecule has 0 aliphatic carbocycles. The highest BCUT2D eigenvalue weighted by Crippen LogP contribution is 2.22. The number of hydrogen-bond acceptors (Lipinski definition) is 5. The molecule has 1 fully saturated rings. The molecule has 0 spiro atoms. The summed E-state index contributed by atoms with van der Waals surface area (Å²) in [6, 6.07) is 0. The SMILES string of the molecule is Cc1nc2c(c(C)c1CCC(=O)N1CCC(OCCCN)CC1)c(=O)[nH]n2C.Cl.Cl. The number of likely N-dealkylation sites (tertiary alicyclic amines) is 1. The van der Waals surface area contributed by atoms with Crippen LogP contribution >= 0.6 is 24.8 Å². The molecule has 0 bridgehead atoms. The molecule has 2 aromatic heterocycles. The molecule has 0 aromatic carbocycles. The van der Waals surface area contributed by atoms with Crippen LogP contribution in [-0.4, -0.2) is 57.9 Å². The van der Waals surface area contributed by atoms with Crippen molar-refractivity contribution in [1.82, 2.24) is 19.7 Å². The lowest BCUT2D eigenvalue weighted by Gasteiger charge is -2.32. The van der Waals surface area contributed by atoms with Gasteiger partial charge in [-0.25, -0.2) is 4.98 Å². The van der Waals surface area contributed by atoms with Crippen molar-refractivity contribution in [2.45, 2.75) is 52.1 Å². The molecule has 1 aliphatic heterocycles. The van der Waals surface area contributed by atoms with E-state index in [1.54, 1.807) is 11.7 Å². The Morgan fingerprint density at radius 1 is 1.27 bits per heavy atom. The van der Waals surface area contributed by atoms with E-state index in [1.807, 2.05) is 18.7 Å². The van der Waals surface area contributed by atoms with Crippen molar-refractivity contribution in [2.24, 2.45) is 12.8 Å². The molecule has 0 atom stereocenters. The topological polar surface area (TPSA) is 106 Å². The number of halogens is 2. The summed E-state index contributed by atoms with van der Waals surface area (Å²) in [7, 11) is 1.78. The Kier molecular flexibility index (Phi) is 10.3. The summed E-state index contributed by atoms with van der Waals surface area (Å²) in [6.45, 7) is 6.69. The van der Waals surface area contributed by atoms with Crippen molar-refractivity contribution >= 4 is 41.8 Å². The summed E-state index contributed by atoms with van der Waals surface area (Å²) in [6.07, 6.45) is 3.89. The van der Waals surface area contributed by atoms with Crippen LogP contribution in [0.4, 0.5) is 0 Å². The minimum Gasteiger partial charge on any atom is -0.378 e. The summed E-state index contributed by atoms with van der Waals surface area (Å²) in [5, 5.41) is 3.37. The van der Waals surface area contributed by atoms with Crippen molar-refractivity contribution in [3.63, 3.8) is 0 Å². The smallest absolute Gasteiger partial charge is 0.273 e. The molecule has 1 aliphatic rings. The molecule has 2 aromatic rings. The zero-order valence-corrected chi connectivity index (χ0v) is 19.5. The van der Waals surface area contributed by atoms with Crippen LogP contribution in [0.25, 0.3) is 11.0 Å². The zero-order valence-electron chi connectivity index (χ0n) is 17.9. The molecular formula is C20H33Cl2N5O3. The molecule has 0 saturated carbocycles. The maximum Gasteiger partial charge on any atom is 0.273 e. The van der Waals surface area contributed by atoms with E-state index in [4.69, 9.17) is 10.5 Å². The predicted octanol–water partition coefficient (Wildman–Crippen LogP) is 2.01. The quantitative estimate of drug-likeness (QED) is 0.613. The maximum absolute atomic E-state index is 12.7. The highest BCUT2D eigenvalue weighted by Gasteiger charge is 2.23. The number of nitrogens with two attached hydrogens (primary N) is 1. The second-order valence-electron chi connectivity index (χ2n) is 7.59. The fourth-order valence-corrected chi connectivity index (χ4v) is 4.01. The second kappa shape index (κ2) is 11.7. The average molecular weight is 462 g/mol. The number of carbonyl (C=O) groups excluding carboxylic acids is 1. The fraction of sp³-hybridized carbons (Fsp3) is 0.650. The van der Waals surface area contributed by atoms with Gasteiger partial charge in [-0.05, 0) is 57.2 Å². The number of aromatic amines is 1. The van der Waals surface area contributed by atoms with Gasteiger partial charge in [0.1, 0.15) is 0 Å². The predicted molar refractivity (Wildman–Crippen MR) is 123 cm³/mol. The van der Waals surface area contributed by atoms with Crippen LogP contribution in [0, 0.1) is 13.8 Å². The van der Waals surface area contributed by atoms with Gasteiger partial charge in [0.2, 0.25) is 5.91 Å². The number of ether oxygens (including phenoxy) is 1. The number of H-pyrrole nitrogens is 1. The minimum absolute atomic E-state index is 0. The van der Waals surface area contributed by atoms with E-state index in [1.165, 1.54) is 0 Å². The number of aryl methyl sites for hydroxylation is 3. The Hall–Kier alpha value is -1.61. The summed E-state index contributed by atoms with van der Waals surface area (Å²) in [5.74, 6) is 0.154. The number of amides is 1. The van der Waals surface area contributed by atoms with Gasteiger partial charge in [-0.3, -0.25) is 19.4 Å². The number of carbonyl (C=O) groups is 1. The summed E-state index contributed by atoms with van der Waals surface area (Å²) < 4.78 is 7.45. The Morgan fingerprint density at radius 3 is 2.57 bits per heavy atom. The number of piperidine rings is 1. The monoisotopic (exact) mass is 461 g/mol. The summed E-state index contributed by atoms with van der Waals surface area (Å²) in [5.41, 5.74) is 8.81. The third-order valence-corrected chi connectivity index (χ3v) is 5.66. The van der Waals surface area contributed by atoms with Gasteiger partial charge in [0, 0.05) is 38.9 Å². The first-order chi connectivity index (χ1) is 13.4. The number of rotatable bonds is 7. The Morgan fingerprint density at radius 2 is 1.93 bits per heavy atom. The Labute approximate surface area is 189 Å². The molecule has 30 heavy (non-hydrogen) atoms. The first-order valence-electron chi connectivity index (χ1n) is 10.1. The number of nitrogens with zero attached hydrogens (tertiary/aromatic N) is 3. The largest absolute Gasteiger partial charge is 0.378 e. The molecular weight excluding hydrogens is 429 g/mol. The molecule has 0 radical (unpaired) electrons. The highest BCUT2D eigenvalue weighted by molar-refractivity contribution is 5.85. The lowest BCUT2D eigenvalue weighted by atomic mass is 9.99. The van der Waals surface area contributed by atoms with Crippen molar-refractivity contribution in [2.75, 3.05) is 26.2 Å². The molecule has 170 valence electrons. The molecule has 10 heteroatoms. The fourth-order valence-electron chi connectivity index (χ4n) is 4.01. The lowest BCUT2D eigenvalue weighted by molar-refractivity contribution is -0.133. The molecule has 0 unspecified atom stereocenters. The minimum atomic E-state index is -0.133. The van der Waals surface area contributed by atoms with Crippen LogP contribution < -0.4 is 11.3 Å². The zero-order chi connectivity index (χ0) is 20.3. The Balaban J connectivity index is 0.00000225. The number of hydrogen-bond donors (Lipinski definition) is 2. The van der Waals surface area contributed by atoms with Crippen LogP contribution in [0.1, 0.15) is 42.5 Å². The van der Waals surface area contributed by atoms with E-state index >= 15 is 0 Å². The van der Waals surface area contributed by atoms with Crippen LogP contribution in [0.5, 0.6) is 0 Å². The third-order valence-electron chi connectivity index (χ3n) is 5.66. The summed E-state index contributed by atoms with van der Waals surface area (Å²) >= 11 is 0. The van der Waals surface area contributed by atoms with E-state index in [-0.39, 0.29) is 42.4 Å². The number of aromatic nitrogens is 3. The highest BCUT2D eigenvalue weighted by atomic mass is 35.5. The van der Waals surface area contributed by atoms with Gasteiger partial charge >= 0.3 is 0 Å². The molecule has 1 amide bonds. The first-order valence-corrected chi connectivity index (χ1v) is 10.1. The van der Waals surface area contributed by atoms with Gasteiger partial charge in [0.25, 0.3) is 5.56 Å². The molecule has 8 nitrogen and oxygen atoms in total. The van der Waals surface area contributed by atoms with Crippen molar-refractivity contribution in [3.05, 3.63) is 27.2 Å². The number of pyridine rings is 1. The van der Waals surface area contributed by atoms with Gasteiger partial charge in [-0.1, -0.05) is 0 Å². The summed E-state index contributed by atoms with van der Waals surface area (Å²) in [4.78, 5) is 31.4.